The summed E-state index contributed by atoms with van der Waals surface area (Å²) in [5.41, 5.74) is 3.73. The van der Waals surface area contributed by atoms with Gasteiger partial charge in [0.1, 0.15) is 5.52 Å². The molecule has 0 unspecified atom stereocenters. The zero-order valence-electron chi connectivity index (χ0n) is 10.0. The second-order valence-electron chi connectivity index (χ2n) is 3.71. The van der Waals surface area contributed by atoms with Gasteiger partial charge in [-0.25, -0.2) is 4.98 Å². The molecule has 2 aromatic rings. The molecule has 19 heavy (non-hydrogen) atoms. The van der Waals surface area contributed by atoms with Gasteiger partial charge in [-0.15, -0.1) is 0 Å². The Balaban J connectivity index is 2.38. The predicted octanol–water partition coefficient (Wildman–Crippen LogP) is 1.50. The van der Waals surface area contributed by atoms with Gasteiger partial charge in [-0.3, -0.25) is 5.01 Å². The average molecular weight is 276 g/mol. The molecule has 0 aliphatic heterocycles. The molecule has 0 saturated carbocycles. The van der Waals surface area contributed by atoms with E-state index in [1.165, 1.54) is 23.5 Å². The van der Waals surface area contributed by atoms with Crippen LogP contribution in [0.15, 0.2) is 36.7 Å². The first-order valence-corrected chi connectivity index (χ1v) is 5.73. The normalized spacial score (nSPS) is 10.6. The molecule has 0 spiro atoms. The topological polar surface area (TPSA) is 78.9 Å². The van der Waals surface area contributed by atoms with E-state index in [0.717, 1.165) is 0 Å². The molecular weight excluding hydrogens is 266 g/mol. The SMILES string of the molecule is CN(N/C=C/C#N)c1c[n+]([O-])c2cc(Cl)ccc2n1. The second kappa shape index (κ2) is 5.42. The van der Waals surface area contributed by atoms with Gasteiger partial charge >= 0.3 is 0 Å². The number of hydrogen-bond donors (Lipinski definition) is 1. The van der Waals surface area contributed by atoms with Crippen molar-refractivity contribution in [2.24, 2.45) is 0 Å². The van der Waals surface area contributed by atoms with Gasteiger partial charge in [0.05, 0.1) is 6.07 Å². The highest BCUT2D eigenvalue weighted by Crippen LogP contribution is 2.16. The largest absolute Gasteiger partial charge is 0.618 e. The molecule has 96 valence electrons. The summed E-state index contributed by atoms with van der Waals surface area (Å²) >= 11 is 5.83. The third kappa shape index (κ3) is 2.84. The van der Waals surface area contributed by atoms with Crippen molar-refractivity contribution in [3.05, 3.63) is 46.9 Å². The monoisotopic (exact) mass is 275 g/mol. The third-order valence-corrected chi connectivity index (χ3v) is 2.65. The summed E-state index contributed by atoms with van der Waals surface area (Å²) in [6.45, 7) is 0. The number of nitriles is 1. The summed E-state index contributed by atoms with van der Waals surface area (Å²) in [7, 11) is 1.69. The molecule has 2 rings (SSSR count). The standard InChI is InChI=1S/C12H10ClN5O/c1-17(15-6-2-5-14)12-8-18(19)11-7-9(13)3-4-10(11)16-12/h2-4,6-8,15H,1H3/b6-2+. The summed E-state index contributed by atoms with van der Waals surface area (Å²) in [4.78, 5) is 4.32. The van der Waals surface area contributed by atoms with E-state index >= 15 is 0 Å². The Hall–Kier alpha value is -2.52. The van der Waals surface area contributed by atoms with Crippen LogP contribution in [0, 0.1) is 16.5 Å². The molecule has 0 bridgehead atoms. The van der Waals surface area contributed by atoms with Gasteiger partial charge in [-0.05, 0) is 12.1 Å². The highest BCUT2D eigenvalue weighted by atomic mass is 35.5. The number of fused-ring (bicyclic) bond motifs is 1. The number of anilines is 1. The van der Waals surface area contributed by atoms with Gasteiger partial charge < -0.3 is 10.6 Å². The molecule has 1 N–H and O–H groups in total. The van der Waals surface area contributed by atoms with E-state index in [0.29, 0.717) is 26.6 Å². The van der Waals surface area contributed by atoms with Crippen LogP contribution < -0.4 is 15.2 Å². The van der Waals surface area contributed by atoms with Crippen molar-refractivity contribution < 1.29 is 4.73 Å². The molecule has 1 aromatic heterocycles. The van der Waals surface area contributed by atoms with Crippen LogP contribution in [-0.4, -0.2) is 12.0 Å². The Morgan fingerprint density at radius 3 is 3.11 bits per heavy atom. The van der Waals surface area contributed by atoms with Crippen LogP contribution in [-0.2, 0) is 0 Å². The lowest BCUT2D eigenvalue weighted by atomic mass is 10.3. The lowest BCUT2D eigenvalue weighted by molar-refractivity contribution is -0.576. The van der Waals surface area contributed by atoms with Crippen LogP contribution in [0.25, 0.3) is 11.0 Å². The number of halogens is 1. The van der Waals surface area contributed by atoms with Gasteiger partial charge in [0, 0.05) is 30.4 Å². The van der Waals surface area contributed by atoms with E-state index in [1.54, 1.807) is 25.2 Å². The van der Waals surface area contributed by atoms with Crippen molar-refractivity contribution >= 4 is 28.5 Å². The summed E-state index contributed by atoms with van der Waals surface area (Å²) < 4.78 is 0.704. The summed E-state index contributed by atoms with van der Waals surface area (Å²) in [6, 6.07) is 6.75. The van der Waals surface area contributed by atoms with Crippen molar-refractivity contribution in [1.82, 2.24) is 10.4 Å². The Morgan fingerprint density at radius 1 is 1.58 bits per heavy atom. The summed E-state index contributed by atoms with van der Waals surface area (Å²) in [5.74, 6) is 0.424. The Morgan fingerprint density at radius 2 is 2.37 bits per heavy atom. The minimum atomic E-state index is 0.400. The van der Waals surface area contributed by atoms with Gasteiger partial charge in [-0.2, -0.15) is 9.99 Å². The first-order chi connectivity index (χ1) is 9.11. The number of allylic oxidation sites excluding steroid dienone is 1. The molecule has 7 heteroatoms. The fourth-order valence-corrected chi connectivity index (χ4v) is 1.67. The Labute approximate surface area is 114 Å². The molecule has 0 atom stereocenters. The Kier molecular flexibility index (Phi) is 3.68. The smallest absolute Gasteiger partial charge is 0.244 e. The molecule has 0 aliphatic rings. The minimum absolute atomic E-state index is 0.400. The van der Waals surface area contributed by atoms with E-state index in [9.17, 15) is 5.21 Å². The van der Waals surface area contributed by atoms with Crippen LogP contribution in [0.1, 0.15) is 0 Å². The van der Waals surface area contributed by atoms with Crippen LogP contribution >= 0.6 is 11.6 Å². The lowest BCUT2D eigenvalue weighted by Crippen LogP contribution is -2.35. The summed E-state index contributed by atoms with van der Waals surface area (Å²) in [5, 5.41) is 22.3. The average Bonchev–Trinajstić information content (AvgIpc) is 2.39. The quantitative estimate of drug-likeness (QED) is 0.397. The van der Waals surface area contributed by atoms with Crippen molar-refractivity contribution in [3.8, 4) is 6.07 Å². The highest BCUT2D eigenvalue weighted by molar-refractivity contribution is 6.31. The van der Waals surface area contributed by atoms with E-state index in [4.69, 9.17) is 16.9 Å². The molecule has 0 fully saturated rings. The van der Waals surface area contributed by atoms with Gasteiger partial charge in [0.15, 0.2) is 0 Å². The number of benzene rings is 1. The first kappa shape index (κ1) is 12.9. The van der Waals surface area contributed by atoms with Crippen LogP contribution in [0.4, 0.5) is 5.82 Å². The second-order valence-corrected chi connectivity index (χ2v) is 4.14. The molecular formula is C12H10ClN5O. The van der Waals surface area contributed by atoms with Crippen LogP contribution in [0.5, 0.6) is 0 Å². The fourth-order valence-electron chi connectivity index (χ4n) is 1.51. The fraction of sp³-hybridized carbons (Fsp3) is 0.0833. The maximum absolute atomic E-state index is 11.9. The van der Waals surface area contributed by atoms with Crippen molar-refractivity contribution in [1.29, 1.82) is 5.26 Å². The number of aromatic nitrogens is 2. The Bertz CT molecular complexity index is 680. The van der Waals surface area contributed by atoms with Crippen molar-refractivity contribution in [2.45, 2.75) is 0 Å². The maximum atomic E-state index is 11.9. The molecule has 0 aliphatic carbocycles. The van der Waals surface area contributed by atoms with Gasteiger partial charge in [0.2, 0.25) is 17.5 Å². The van der Waals surface area contributed by atoms with E-state index in [2.05, 4.69) is 10.4 Å². The maximum Gasteiger partial charge on any atom is 0.244 e. The van der Waals surface area contributed by atoms with E-state index in [1.807, 2.05) is 6.07 Å². The zero-order chi connectivity index (χ0) is 13.8. The number of hydrazine groups is 1. The van der Waals surface area contributed by atoms with Gasteiger partial charge in [0.25, 0.3) is 0 Å². The minimum Gasteiger partial charge on any atom is -0.618 e. The van der Waals surface area contributed by atoms with E-state index in [-0.39, 0.29) is 0 Å². The zero-order valence-corrected chi connectivity index (χ0v) is 10.8. The van der Waals surface area contributed by atoms with Crippen molar-refractivity contribution in [2.75, 3.05) is 12.1 Å². The number of rotatable bonds is 3. The molecule has 1 heterocycles. The number of nitrogens with zero attached hydrogens (tertiary/aromatic N) is 4. The van der Waals surface area contributed by atoms with Crippen LogP contribution in [0.2, 0.25) is 5.02 Å². The molecule has 0 radical (unpaired) electrons. The summed E-state index contributed by atoms with van der Waals surface area (Å²) in [6.07, 6.45) is 4.05. The lowest BCUT2D eigenvalue weighted by Gasteiger charge is -2.16. The van der Waals surface area contributed by atoms with Crippen LogP contribution in [0.3, 0.4) is 0 Å². The molecule has 0 saturated heterocycles. The number of nitrogens with one attached hydrogen (secondary N) is 1. The predicted molar refractivity (Wildman–Crippen MR) is 72.0 cm³/mol. The number of hydrogen-bond acceptors (Lipinski definition) is 5. The third-order valence-electron chi connectivity index (χ3n) is 2.41. The molecule has 6 nitrogen and oxygen atoms in total. The van der Waals surface area contributed by atoms with Gasteiger partial charge in [-0.1, -0.05) is 11.6 Å². The van der Waals surface area contributed by atoms with Crippen molar-refractivity contribution in [3.63, 3.8) is 0 Å². The highest BCUT2D eigenvalue weighted by Gasteiger charge is 2.11. The first-order valence-electron chi connectivity index (χ1n) is 5.36. The molecule has 1 aromatic carbocycles. The molecule has 0 amide bonds. The van der Waals surface area contributed by atoms with E-state index < -0.39 is 0 Å².